The normalized spacial score (nSPS) is 12.0. The van der Waals surface area contributed by atoms with Crippen molar-refractivity contribution in [1.29, 1.82) is 0 Å². The van der Waals surface area contributed by atoms with Crippen molar-refractivity contribution >= 4 is 11.9 Å². The largest absolute Gasteiger partial charge is 0.490 e. The van der Waals surface area contributed by atoms with Crippen LogP contribution < -0.4 is 10.1 Å². The minimum atomic E-state index is -0.277. The quantitative estimate of drug-likeness (QED) is 0.0589. The van der Waals surface area contributed by atoms with Gasteiger partial charge < -0.3 is 14.8 Å². The molecule has 2 aromatic carbocycles. The van der Waals surface area contributed by atoms with Gasteiger partial charge in [-0.25, -0.2) is 0 Å². The van der Waals surface area contributed by atoms with E-state index in [1.54, 1.807) is 0 Å². The summed E-state index contributed by atoms with van der Waals surface area (Å²) in [6, 6.07) is 17.2. The van der Waals surface area contributed by atoms with Crippen molar-refractivity contribution in [2.45, 2.75) is 149 Å². The summed E-state index contributed by atoms with van der Waals surface area (Å²) in [5.41, 5.74) is 4.01. The van der Waals surface area contributed by atoms with Crippen molar-refractivity contribution in [2.75, 3.05) is 13.2 Å². The third kappa shape index (κ3) is 20.1. The fraction of sp³-hybridized carbons (Fsp3) is 0.581. The molecule has 1 N–H and O–H groups in total. The summed E-state index contributed by atoms with van der Waals surface area (Å²) in [6.45, 7) is 9.40. The van der Waals surface area contributed by atoms with Crippen LogP contribution in [0, 0.1) is 0 Å². The first kappa shape index (κ1) is 40.8. The van der Waals surface area contributed by atoms with E-state index >= 15 is 0 Å². The van der Waals surface area contributed by atoms with Crippen LogP contribution in [0.3, 0.4) is 0 Å². The molecule has 0 radical (unpaired) electrons. The summed E-state index contributed by atoms with van der Waals surface area (Å²) < 4.78 is 11.9. The lowest BCUT2D eigenvalue weighted by molar-refractivity contribution is -0.147. The van der Waals surface area contributed by atoms with E-state index in [2.05, 4.69) is 32.2 Å². The van der Waals surface area contributed by atoms with Crippen molar-refractivity contribution in [3.63, 3.8) is 0 Å². The number of carbonyl (C=O) groups excluding carboxylic acids is 2. The average Bonchev–Trinajstić information content (AvgIpc) is 3.09. The van der Waals surface area contributed by atoms with Crippen LogP contribution >= 0.6 is 0 Å². The van der Waals surface area contributed by atoms with Gasteiger partial charge in [-0.3, -0.25) is 9.59 Å². The summed E-state index contributed by atoms with van der Waals surface area (Å²) in [5.74, 6) is 0.611. The van der Waals surface area contributed by atoms with Crippen LogP contribution in [0.15, 0.2) is 77.9 Å². The van der Waals surface area contributed by atoms with Gasteiger partial charge in [0.25, 0.3) is 5.91 Å². The molecular weight excluding hydrogens is 594 g/mol. The summed E-state index contributed by atoms with van der Waals surface area (Å²) in [5, 5.41) is 2.97. The highest BCUT2D eigenvalue weighted by atomic mass is 16.5. The highest BCUT2D eigenvalue weighted by Crippen LogP contribution is 2.18. The molecule has 0 heterocycles. The number of ether oxygens (including phenoxy) is 2. The summed E-state index contributed by atoms with van der Waals surface area (Å²) in [7, 11) is 0. The molecule has 1 unspecified atom stereocenters. The molecule has 1 amide bonds. The van der Waals surface area contributed by atoms with Gasteiger partial charge in [0.05, 0.1) is 0 Å². The van der Waals surface area contributed by atoms with Gasteiger partial charge in [-0.2, -0.15) is 0 Å². The van der Waals surface area contributed by atoms with Crippen molar-refractivity contribution in [3.05, 3.63) is 89.0 Å². The third-order valence-corrected chi connectivity index (χ3v) is 8.82. The van der Waals surface area contributed by atoms with E-state index in [4.69, 9.17) is 9.47 Å². The number of hydrogen-bond donors (Lipinski definition) is 1. The Bertz CT molecular complexity index is 1180. The zero-order chi connectivity index (χ0) is 34.7. The second-order valence-electron chi connectivity index (χ2n) is 13.5. The van der Waals surface area contributed by atoms with E-state index in [1.807, 2.05) is 67.6 Å². The Balaban J connectivity index is 1.62. The monoisotopic (exact) mass is 659 g/mol. The Hall–Kier alpha value is -3.34. The smallest absolute Gasteiger partial charge is 0.306 e. The molecule has 5 heteroatoms. The number of esters is 1. The molecule has 5 nitrogen and oxygen atoms in total. The maximum absolute atomic E-state index is 12.7. The van der Waals surface area contributed by atoms with Gasteiger partial charge in [-0.1, -0.05) is 139 Å². The number of benzene rings is 2. The standard InChI is InChI=1S/C43H65NO4/c1-5-6-7-8-9-10-11-12-13-14-15-16-17-18-22-25-42(45)48-41(31-26-36(2)3)37(4)33-35-47-40-29-27-38(28-30-40)32-34-44-43(46)39-23-20-19-21-24-39/h19-21,23-24,26-30,33,41H,5-18,22,25,31-32,34-35H2,1-4H3,(H,44,46). The lowest BCUT2D eigenvalue weighted by Crippen LogP contribution is -2.25. The number of nitrogens with one attached hydrogen (secondary N) is 1. The van der Waals surface area contributed by atoms with Crippen LogP contribution in [0.4, 0.5) is 0 Å². The van der Waals surface area contributed by atoms with Crippen LogP contribution in [0.5, 0.6) is 5.75 Å². The minimum absolute atomic E-state index is 0.0590. The molecule has 0 saturated carbocycles. The Kier molecular flexibility index (Phi) is 22.6. The van der Waals surface area contributed by atoms with Gasteiger partial charge >= 0.3 is 5.97 Å². The minimum Gasteiger partial charge on any atom is -0.490 e. The second-order valence-corrected chi connectivity index (χ2v) is 13.5. The number of carbonyl (C=O) groups is 2. The van der Waals surface area contributed by atoms with Gasteiger partial charge in [0, 0.05) is 24.9 Å². The second kappa shape index (κ2) is 26.6. The SMILES string of the molecule is CCCCCCCCCCCCCCCCCC(=O)OC(CC=C(C)C)C(C)=CCOc1ccc(CCNC(=O)c2ccccc2)cc1. The summed E-state index contributed by atoms with van der Waals surface area (Å²) in [4.78, 5) is 25.0. The predicted molar refractivity (Wildman–Crippen MR) is 202 cm³/mol. The van der Waals surface area contributed by atoms with Crippen molar-refractivity contribution in [2.24, 2.45) is 0 Å². The molecule has 0 aliphatic heterocycles. The Morgan fingerprint density at radius 1 is 0.708 bits per heavy atom. The van der Waals surface area contributed by atoms with Crippen LogP contribution in [-0.4, -0.2) is 31.1 Å². The molecule has 0 spiro atoms. The van der Waals surface area contributed by atoms with E-state index in [0.717, 1.165) is 36.1 Å². The fourth-order valence-electron chi connectivity index (χ4n) is 5.69. The average molecular weight is 660 g/mol. The molecule has 2 rings (SSSR count). The van der Waals surface area contributed by atoms with Crippen molar-refractivity contribution in [1.82, 2.24) is 5.32 Å². The van der Waals surface area contributed by atoms with Gasteiger partial charge in [0.2, 0.25) is 0 Å². The zero-order valence-corrected chi connectivity index (χ0v) is 30.7. The number of amides is 1. The first-order chi connectivity index (χ1) is 23.4. The number of unbranched alkanes of at least 4 members (excludes halogenated alkanes) is 14. The maximum Gasteiger partial charge on any atom is 0.306 e. The summed E-state index contributed by atoms with van der Waals surface area (Å²) in [6.07, 6.45) is 25.4. The number of rotatable bonds is 27. The molecular formula is C43H65NO4. The zero-order valence-electron chi connectivity index (χ0n) is 30.7. The molecule has 0 fully saturated rings. The van der Waals surface area contributed by atoms with E-state index in [0.29, 0.717) is 31.6 Å². The fourth-order valence-corrected chi connectivity index (χ4v) is 5.69. The molecule has 0 aliphatic rings. The van der Waals surface area contributed by atoms with E-state index < -0.39 is 0 Å². The molecule has 2 aromatic rings. The van der Waals surface area contributed by atoms with Crippen LogP contribution in [-0.2, 0) is 16.0 Å². The highest BCUT2D eigenvalue weighted by Gasteiger charge is 2.15. The predicted octanol–water partition coefficient (Wildman–Crippen LogP) is 11.5. The molecule has 0 aliphatic carbocycles. The van der Waals surface area contributed by atoms with Gasteiger partial charge in [0.15, 0.2) is 0 Å². The summed E-state index contributed by atoms with van der Waals surface area (Å²) >= 11 is 0. The molecule has 48 heavy (non-hydrogen) atoms. The van der Waals surface area contributed by atoms with Gasteiger partial charge in [0.1, 0.15) is 18.5 Å². The van der Waals surface area contributed by atoms with Crippen molar-refractivity contribution in [3.8, 4) is 5.75 Å². The molecule has 1 atom stereocenters. The molecule has 0 saturated heterocycles. The molecule has 0 aromatic heterocycles. The van der Waals surface area contributed by atoms with Crippen LogP contribution in [0.2, 0.25) is 0 Å². The number of hydrogen-bond acceptors (Lipinski definition) is 4. The van der Waals surface area contributed by atoms with Gasteiger partial charge in [-0.15, -0.1) is 0 Å². The first-order valence-electron chi connectivity index (χ1n) is 18.9. The number of allylic oxidation sites excluding steroid dienone is 1. The topological polar surface area (TPSA) is 64.6 Å². The highest BCUT2D eigenvalue weighted by molar-refractivity contribution is 5.94. The third-order valence-electron chi connectivity index (χ3n) is 8.82. The first-order valence-corrected chi connectivity index (χ1v) is 18.9. The van der Waals surface area contributed by atoms with E-state index in [1.165, 1.54) is 89.0 Å². The van der Waals surface area contributed by atoms with Crippen molar-refractivity contribution < 1.29 is 19.1 Å². The maximum atomic E-state index is 12.7. The molecule has 0 bridgehead atoms. The Morgan fingerprint density at radius 2 is 1.27 bits per heavy atom. The van der Waals surface area contributed by atoms with E-state index in [9.17, 15) is 9.59 Å². The molecule has 266 valence electrons. The Labute approximate surface area is 293 Å². The Morgan fingerprint density at radius 3 is 1.83 bits per heavy atom. The van der Waals surface area contributed by atoms with E-state index in [-0.39, 0.29) is 18.0 Å². The van der Waals surface area contributed by atoms with Gasteiger partial charge in [-0.05, 0) is 75.1 Å². The lowest BCUT2D eigenvalue weighted by atomic mass is 10.0. The van der Waals surface area contributed by atoms with Crippen LogP contribution in [0.25, 0.3) is 0 Å². The van der Waals surface area contributed by atoms with Crippen LogP contribution in [0.1, 0.15) is 153 Å². The lowest BCUT2D eigenvalue weighted by Gasteiger charge is -2.18.